The van der Waals surface area contributed by atoms with Crippen molar-refractivity contribution in [2.24, 2.45) is 5.92 Å². The van der Waals surface area contributed by atoms with Gasteiger partial charge in [-0.3, -0.25) is 4.79 Å². The lowest BCUT2D eigenvalue weighted by atomic mass is 9.98. The summed E-state index contributed by atoms with van der Waals surface area (Å²) >= 11 is 1.29. The number of hydrogen-bond acceptors (Lipinski definition) is 4. The monoisotopic (exact) mass is 358 g/mol. The molecule has 1 N–H and O–H groups in total. The van der Waals surface area contributed by atoms with E-state index in [0.29, 0.717) is 10.8 Å². The summed E-state index contributed by atoms with van der Waals surface area (Å²) in [5.41, 5.74) is 0. The van der Waals surface area contributed by atoms with Crippen molar-refractivity contribution < 1.29 is 13.2 Å². The zero-order valence-electron chi connectivity index (χ0n) is 14.0. The molecule has 0 bridgehead atoms. The van der Waals surface area contributed by atoms with Crippen LogP contribution < -0.4 is 5.32 Å². The average molecular weight is 359 g/mol. The summed E-state index contributed by atoms with van der Waals surface area (Å²) < 4.78 is 27.2. The molecule has 130 valence electrons. The van der Waals surface area contributed by atoms with E-state index in [0.717, 1.165) is 30.6 Å². The second-order valence-corrected chi connectivity index (χ2v) is 9.72. The predicted molar refractivity (Wildman–Crippen MR) is 93.1 cm³/mol. The third-order valence-electron chi connectivity index (χ3n) is 4.18. The first kappa shape index (κ1) is 18.4. The van der Waals surface area contributed by atoms with E-state index in [-0.39, 0.29) is 24.4 Å². The van der Waals surface area contributed by atoms with Gasteiger partial charge in [-0.2, -0.15) is 4.31 Å². The van der Waals surface area contributed by atoms with Gasteiger partial charge in [0.05, 0.1) is 5.92 Å². The predicted octanol–water partition coefficient (Wildman–Crippen LogP) is 2.76. The molecule has 0 aromatic carbocycles. The van der Waals surface area contributed by atoms with Crippen LogP contribution in [-0.4, -0.2) is 37.8 Å². The molecule has 0 spiro atoms. The molecule has 2 heterocycles. The van der Waals surface area contributed by atoms with E-state index in [9.17, 15) is 13.2 Å². The Bertz CT molecular complexity index is 640. The molecule has 2 rings (SSSR count). The average Bonchev–Trinajstić information content (AvgIpc) is 2.95. The van der Waals surface area contributed by atoms with E-state index < -0.39 is 10.0 Å². The molecule has 0 aliphatic carbocycles. The fourth-order valence-corrected chi connectivity index (χ4v) is 5.88. The molecule has 0 saturated carbocycles. The van der Waals surface area contributed by atoms with Gasteiger partial charge in [0.1, 0.15) is 4.21 Å². The van der Waals surface area contributed by atoms with Crippen LogP contribution in [0.3, 0.4) is 0 Å². The zero-order valence-corrected chi connectivity index (χ0v) is 15.7. The van der Waals surface area contributed by atoms with Crippen LogP contribution in [0.15, 0.2) is 16.3 Å². The number of rotatable bonds is 6. The first-order valence-corrected chi connectivity index (χ1v) is 10.5. The Kier molecular flexibility index (Phi) is 6.22. The highest BCUT2D eigenvalue weighted by atomic mass is 32.2. The lowest BCUT2D eigenvalue weighted by Gasteiger charge is -2.31. The molecule has 1 aromatic rings. The standard InChI is InChI=1S/C16H26N2O3S2/c1-4-6-12(2)17-16(19)14-7-5-10-18(11-14)23(20,21)15-9-8-13(3)22-15/h8-9,12,14H,4-7,10-11H2,1-3H3,(H,17,19). The van der Waals surface area contributed by atoms with E-state index in [1.807, 2.05) is 19.9 Å². The molecule has 23 heavy (non-hydrogen) atoms. The molecule has 2 unspecified atom stereocenters. The first-order chi connectivity index (χ1) is 10.8. The fraction of sp³-hybridized carbons (Fsp3) is 0.688. The number of thiophene rings is 1. The number of hydrogen-bond donors (Lipinski definition) is 1. The highest BCUT2D eigenvalue weighted by Crippen LogP contribution is 2.28. The Morgan fingerprint density at radius 1 is 1.48 bits per heavy atom. The van der Waals surface area contributed by atoms with Gasteiger partial charge in [0.2, 0.25) is 5.91 Å². The minimum absolute atomic E-state index is 0.0202. The van der Waals surface area contributed by atoms with Crippen LogP contribution >= 0.6 is 11.3 Å². The second-order valence-electron chi connectivity index (χ2n) is 6.27. The lowest BCUT2D eigenvalue weighted by Crippen LogP contribution is -2.46. The third kappa shape index (κ3) is 4.55. The molecular formula is C16H26N2O3S2. The molecule has 1 amide bonds. The summed E-state index contributed by atoms with van der Waals surface area (Å²) in [6.45, 7) is 6.75. The van der Waals surface area contributed by atoms with Crippen LogP contribution in [-0.2, 0) is 14.8 Å². The van der Waals surface area contributed by atoms with Crippen LogP contribution in [0.2, 0.25) is 0 Å². The maximum atomic E-state index is 12.7. The molecule has 1 aliphatic heterocycles. The molecular weight excluding hydrogens is 332 g/mol. The summed E-state index contributed by atoms with van der Waals surface area (Å²) in [4.78, 5) is 13.3. The second kappa shape index (κ2) is 7.77. The number of nitrogens with one attached hydrogen (secondary N) is 1. The summed E-state index contributed by atoms with van der Waals surface area (Å²) in [5.74, 6) is -0.271. The number of nitrogens with zero attached hydrogens (tertiary/aromatic N) is 1. The largest absolute Gasteiger partial charge is 0.353 e. The number of carbonyl (C=O) groups is 1. The van der Waals surface area contributed by atoms with E-state index in [2.05, 4.69) is 12.2 Å². The summed E-state index contributed by atoms with van der Waals surface area (Å²) in [6.07, 6.45) is 3.43. The molecule has 1 saturated heterocycles. The maximum Gasteiger partial charge on any atom is 0.252 e. The van der Waals surface area contributed by atoms with Crippen molar-refractivity contribution in [2.45, 2.75) is 56.7 Å². The highest BCUT2D eigenvalue weighted by Gasteiger charge is 2.34. The van der Waals surface area contributed by atoms with Gasteiger partial charge in [0.25, 0.3) is 10.0 Å². The Labute approximate surface area is 143 Å². The number of amides is 1. The van der Waals surface area contributed by atoms with E-state index in [4.69, 9.17) is 0 Å². The molecule has 1 aliphatic rings. The van der Waals surface area contributed by atoms with Gasteiger partial charge < -0.3 is 5.32 Å². The highest BCUT2D eigenvalue weighted by molar-refractivity contribution is 7.91. The van der Waals surface area contributed by atoms with Gasteiger partial charge >= 0.3 is 0 Å². The van der Waals surface area contributed by atoms with Crippen LogP contribution in [0.4, 0.5) is 0 Å². The van der Waals surface area contributed by atoms with E-state index in [1.165, 1.54) is 15.6 Å². The Balaban J connectivity index is 2.04. The van der Waals surface area contributed by atoms with Gasteiger partial charge in [0.15, 0.2) is 0 Å². The van der Waals surface area contributed by atoms with Crippen molar-refractivity contribution in [1.29, 1.82) is 0 Å². The van der Waals surface area contributed by atoms with Crippen molar-refractivity contribution >= 4 is 27.3 Å². The molecule has 5 nitrogen and oxygen atoms in total. The third-order valence-corrected chi connectivity index (χ3v) is 7.51. The maximum absolute atomic E-state index is 12.7. The molecule has 1 aromatic heterocycles. The van der Waals surface area contributed by atoms with Gasteiger partial charge in [-0.1, -0.05) is 13.3 Å². The minimum atomic E-state index is -3.47. The topological polar surface area (TPSA) is 66.5 Å². The van der Waals surface area contributed by atoms with Crippen molar-refractivity contribution in [2.75, 3.05) is 13.1 Å². The number of aryl methyl sites for hydroxylation is 1. The Morgan fingerprint density at radius 3 is 2.83 bits per heavy atom. The molecule has 7 heteroatoms. The number of piperidine rings is 1. The number of carbonyl (C=O) groups excluding carboxylic acids is 1. The van der Waals surface area contributed by atoms with Gasteiger partial charge in [-0.25, -0.2) is 8.42 Å². The molecule has 2 atom stereocenters. The normalized spacial score (nSPS) is 21.1. The van der Waals surface area contributed by atoms with Crippen LogP contribution in [0.5, 0.6) is 0 Å². The van der Waals surface area contributed by atoms with E-state index in [1.54, 1.807) is 6.07 Å². The van der Waals surface area contributed by atoms with Crippen molar-refractivity contribution in [3.8, 4) is 0 Å². The van der Waals surface area contributed by atoms with Gasteiger partial charge in [-0.05, 0) is 45.2 Å². The molecule has 0 radical (unpaired) electrons. The molecule has 1 fully saturated rings. The Hall–Kier alpha value is -0.920. The zero-order chi connectivity index (χ0) is 17.0. The van der Waals surface area contributed by atoms with Crippen molar-refractivity contribution in [1.82, 2.24) is 9.62 Å². The van der Waals surface area contributed by atoms with Crippen LogP contribution in [0, 0.1) is 12.8 Å². The lowest BCUT2D eigenvalue weighted by molar-refractivity contribution is -0.126. The fourth-order valence-electron chi connectivity index (χ4n) is 2.92. The van der Waals surface area contributed by atoms with Crippen LogP contribution in [0.1, 0.15) is 44.4 Å². The quantitative estimate of drug-likeness (QED) is 0.850. The summed E-state index contributed by atoms with van der Waals surface area (Å²) in [6, 6.07) is 3.61. The summed E-state index contributed by atoms with van der Waals surface area (Å²) in [5, 5.41) is 3.01. The Morgan fingerprint density at radius 2 is 2.22 bits per heavy atom. The van der Waals surface area contributed by atoms with Crippen LogP contribution in [0.25, 0.3) is 0 Å². The van der Waals surface area contributed by atoms with Crippen molar-refractivity contribution in [3.63, 3.8) is 0 Å². The minimum Gasteiger partial charge on any atom is -0.353 e. The first-order valence-electron chi connectivity index (χ1n) is 8.21. The van der Waals surface area contributed by atoms with Gasteiger partial charge in [0, 0.05) is 24.0 Å². The smallest absolute Gasteiger partial charge is 0.252 e. The van der Waals surface area contributed by atoms with E-state index >= 15 is 0 Å². The van der Waals surface area contributed by atoms with Crippen molar-refractivity contribution in [3.05, 3.63) is 17.0 Å². The summed E-state index contributed by atoms with van der Waals surface area (Å²) in [7, 11) is -3.47. The SMILES string of the molecule is CCCC(C)NC(=O)C1CCCN(S(=O)(=O)c2ccc(C)s2)C1. The van der Waals surface area contributed by atoms with Gasteiger partial charge in [-0.15, -0.1) is 11.3 Å². The number of sulfonamides is 1.